The number of H-pyrrole nitrogens is 1. The first kappa shape index (κ1) is 15.7. The molecule has 21 heavy (non-hydrogen) atoms. The van der Waals surface area contributed by atoms with Gasteiger partial charge in [0.1, 0.15) is 9.77 Å². The standard InChI is InChI=1S/C12H15N3O4S2/c1-8-9(7-13-15-8)3-2-5-14-21(18,19)10-4-6-20-11(10)12(16)17/h4,6-7,14H,2-3,5H2,1H3,(H,13,15)(H,16,17). The van der Waals surface area contributed by atoms with Gasteiger partial charge in [0.05, 0.1) is 6.20 Å². The number of sulfonamides is 1. The van der Waals surface area contributed by atoms with Gasteiger partial charge in [-0.2, -0.15) is 5.10 Å². The predicted molar refractivity (Wildman–Crippen MR) is 78.1 cm³/mol. The van der Waals surface area contributed by atoms with E-state index in [0.717, 1.165) is 22.6 Å². The first-order valence-electron chi connectivity index (χ1n) is 6.21. The van der Waals surface area contributed by atoms with E-state index in [2.05, 4.69) is 14.9 Å². The van der Waals surface area contributed by atoms with Crippen LogP contribution in [-0.2, 0) is 16.4 Å². The van der Waals surface area contributed by atoms with Gasteiger partial charge in [-0.15, -0.1) is 11.3 Å². The number of carbonyl (C=O) groups is 1. The maximum Gasteiger partial charge on any atom is 0.347 e. The summed E-state index contributed by atoms with van der Waals surface area (Å²) in [4.78, 5) is 10.6. The van der Waals surface area contributed by atoms with Gasteiger partial charge in [-0.1, -0.05) is 0 Å². The highest BCUT2D eigenvalue weighted by Crippen LogP contribution is 2.21. The van der Waals surface area contributed by atoms with Crippen molar-refractivity contribution in [1.29, 1.82) is 0 Å². The quantitative estimate of drug-likeness (QED) is 0.665. The Labute approximate surface area is 126 Å². The van der Waals surface area contributed by atoms with E-state index in [0.29, 0.717) is 12.8 Å². The van der Waals surface area contributed by atoms with Crippen molar-refractivity contribution in [3.63, 3.8) is 0 Å². The van der Waals surface area contributed by atoms with Crippen LogP contribution in [0.25, 0.3) is 0 Å². The van der Waals surface area contributed by atoms with Crippen molar-refractivity contribution in [2.45, 2.75) is 24.7 Å². The number of aromatic carboxylic acids is 1. The summed E-state index contributed by atoms with van der Waals surface area (Å²) in [5.74, 6) is -1.24. The maximum atomic E-state index is 12.1. The first-order chi connectivity index (χ1) is 9.92. The zero-order valence-corrected chi connectivity index (χ0v) is 12.9. The molecule has 3 N–H and O–H groups in total. The molecule has 9 heteroatoms. The molecular weight excluding hydrogens is 314 g/mol. The number of thiophene rings is 1. The van der Waals surface area contributed by atoms with Crippen LogP contribution in [0.4, 0.5) is 0 Å². The predicted octanol–water partition coefficient (Wildman–Crippen LogP) is 1.39. The fraction of sp³-hybridized carbons (Fsp3) is 0.333. The Morgan fingerprint density at radius 2 is 2.29 bits per heavy atom. The van der Waals surface area contributed by atoms with Crippen LogP contribution >= 0.6 is 11.3 Å². The maximum absolute atomic E-state index is 12.1. The van der Waals surface area contributed by atoms with Gasteiger partial charge in [0.2, 0.25) is 10.0 Å². The number of aryl methyl sites for hydroxylation is 2. The Hall–Kier alpha value is -1.71. The van der Waals surface area contributed by atoms with Gasteiger partial charge in [-0.05, 0) is 36.8 Å². The Bertz CT molecular complexity index is 733. The minimum absolute atomic E-state index is 0.173. The molecule has 7 nitrogen and oxygen atoms in total. The van der Waals surface area contributed by atoms with Crippen LogP contribution in [0.5, 0.6) is 0 Å². The number of nitrogens with zero attached hydrogens (tertiary/aromatic N) is 1. The average Bonchev–Trinajstić information content (AvgIpc) is 3.04. The second kappa shape index (κ2) is 6.37. The largest absolute Gasteiger partial charge is 0.477 e. The van der Waals surface area contributed by atoms with Gasteiger partial charge in [0.15, 0.2) is 0 Å². The topological polar surface area (TPSA) is 112 Å². The van der Waals surface area contributed by atoms with Crippen LogP contribution in [0.15, 0.2) is 22.5 Å². The molecule has 114 valence electrons. The van der Waals surface area contributed by atoms with Crippen LogP contribution in [0.3, 0.4) is 0 Å². The Kier molecular flexibility index (Phi) is 4.76. The summed E-state index contributed by atoms with van der Waals surface area (Å²) in [5.41, 5.74) is 2.00. The zero-order valence-electron chi connectivity index (χ0n) is 11.3. The number of rotatable bonds is 7. The van der Waals surface area contributed by atoms with Crippen molar-refractivity contribution >= 4 is 27.3 Å². The second-order valence-corrected chi connectivity index (χ2v) is 7.09. The molecule has 0 amide bonds. The highest BCUT2D eigenvalue weighted by Gasteiger charge is 2.23. The average molecular weight is 329 g/mol. The van der Waals surface area contributed by atoms with Crippen LogP contribution in [0.1, 0.15) is 27.3 Å². The van der Waals surface area contributed by atoms with Crippen molar-refractivity contribution in [2.75, 3.05) is 6.54 Å². The minimum Gasteiger partial charge on any atom is -0.477 e. The number of aromatic nitrogens is 2. The van der Waals surface area contributed by atoms with Crippen LogP contribution < -0.4 is 4.72 Å². The number of nitrogens with one attached hydrogen (secondary N) is 2. The SMILES string of the molecule is Cc1[nH]ncc1CCCNS(=O)(=O)c1ccsc1C(=O)O. The third-order valence-corrected chi connectivity index (χ3v) is 5.50. The van der Waals surface area contributed by atoms with Crippen molar-refractivity contribution < 1.29 is 18.3 Å². The van der Waals surface area contributed by atoms with Crippen molar-refractivity contribution in [3.05, 3.63) is 33.8 Å². The lowest BCUT2D eigenvalue weighted by Crippen LogP contribution is -2.26. The van der Waals surface area contributed by atoms with E-state index in [1.807, 2.05) is 6.92 Å². The lowest BCUT2D eigenvalue weighted by molar-refractivity contribution is 0.0698. The number of aromatic amines is 1. The van der Waals surface area contributed by atoms with E-state index in [9.17, 15) is 13.2 Å². The lowest BCUT2D eigenvalue weighted by atomic mass is 10.1. The number of hydrogen-bond donors (Lipinski definition) is 3. The molecule has 0 saturated heterocycles. The molecular formula is C12H15N3O4S2. The molecule has 0 radical (unpaired) electrons. The Morgan fingerprint density at radius 3 is 2.90 bits per heavy atom. The van der Waals surface area contributed by atoms with E-state index < -0.39 is 16.0 Å². The first-order valence-corrected chi connectivity index (χ1v) is 8.57. The number of carboxylic acids is 1. The van der Waals surface area contributed by atoms with E-state index in [1.165, 1.54) is 11.4 Å². The van der Waals surface area contributed by atoms with E-state index in [4.69, 9.17) is 5.11 Å². The monoisotopic (exact) mass is 329 g/mol. The minimum atomic E-state index is -3.79. The summed E-state index contributed by atoms with van der Waals surface area (Å²) in [7, 11) is -3.79. The molecule has 0 unspecified atom stereocenters. The fourth-order valence-corrected chi connectivity index (χ4v) is 4.19. The van der Waals surface area contributed by atoms with Gasteiger partial charge < -0.3 is 5.11 Å². The summed E-state index contributed by atoms with van der Waals surface area (Å²) < 4.78 is 26.5. The third-order valence-electron chi connectivity index (χ3n) is 2.96. The molecule has 0 saturated carbocycles. The molecule has 0 aliphatic heterocycles. The summed E-state index contributed by atoms with van der Waals surface area (Å²) in [6, 6.07) is 1.30. The molecule has 0 aliphatic rings. The van der Waals surface area contributed by atoms with Crippen LogP contribution in [-0.4, -0.2) is 36.2 Å². The van der Waals surface area contributed by atoms with Crippen molar-refractivity contribution in [1.82, 2.24) is 14.9 Å². The highest BCUT2D eigenvalue weighted by molar-refractivity contribution is 7.89. The number of carboxylic acid groups (broad SMARTS) is 1. The van der Waals surface area contributed by atoms with Crippen molar-refractivity contribution in [3.8, 4) is 0 Å². The molecule has 0 atom stereocenters. The Morgan fingerprint density at radius 1 is 1.52 bits per heavy atom. The van der Waals surface area contributed by atoms with Crippen LogP contribution in [0.2, 0.25) is 0 Å². The normalized spacial score (nSPS) is 11.7. The third kappa shape index (κ3) is 3.69. The molecule has 2 rings (SSSR count). The van der Waals surface area contributed by atoms with Gasteiger partial charge in [-0.25, -0.2) is 17.9 Å². The molecule has 2 aromatic heterocycles. The van der Waals surface area contributed by atoms with E-state index >= 15 is 0 Å². The fourth-order valence-electron chi connectivity index (χ4n) is 1.86. The molecule has 0 spiro atoms. The summed E-state index contributed by atoms with van der Waals surface area (Å²) in [6.45, 7) is 2.14. The van der Waals surface area contributed by atoms with Gasteiger partial charge in [0, 0.05) is 12.2 Å². The highest BCUT2D eigenvalue weighted by atomic mass is 32.2. The van der Waals surface area contributed by atoms with E-state index in [1.54, 1.807) is 6.20 Å². The summed E-state index contributed by atoms with van der Waals surface area (Å²) in [5, 5.41) is 17.1. The second-order valence-electron chi connectivity index (χ2n) is 4.44. The van der Waals surface area contributed by atoms with Crippen LogP contribution in [0, 0.1) is 6.92 Å². The van der Waals surface area contributed by atoms with Gasteiger partial charge in [-0.3, -0.25) is 5.10 Å². The zero-order chi connectivity index (χ0) is 15.5. The molecule has 0 aromatic carbocycles. The molecule has 0 fully saturated rings. The Balaban J connectivity index is 1.94. The molecule has 2 aromatic rings. The smallest absolute Gasteiger partial charge is 0.347 e. The summed E-state index contributed by atoms with van der Waals surface area (Å²) in [6.07, 6.45) is 3.01. The summed E-state index contributed by atoms with van der Waals surface area (Å²) >= 11 is 0.893. The van der Waals surface area contributed by atoms with E-state index in [-0.39, 0.29) is 16.3 Å². The van der Waals surface area contributed by atoms with Crippen molar-refractivity contribution in [2.24, 2.45) is 0 Å². The van der Waals surface area contributed by atoms with Gasteiger partial charge in [0.25, 0.3) is 0 Å². The molecule has 0 bridgehead atoms. The van der Waals surface area contributed by atoms with Gasteiger partial charge >= 0.3 is 5.97 Å². The number of hydrogen-bond acceptors (Lipinski definition) is 5. The lowest BCUT2D eigenvalue weighted by Gasteiger charge is -2.06. The molecule has 2 heterocycles. The molecule has 0 aliphatic carbocycles.